The third-order valence-electron chi connectivity index (χ3n) is 2.14. The van der Waals surface area contributed by atoms with Crippen LogP contribution in [0.5, 0.6) is 0 Å². The summed E-state index contributed by atoms with van der Waals surface area (Å²) in [6, 6.07) is 0. The van der Waals surface area contributed by atoms with Crippen LogP contribution in [0.1, 0.15) is 26.7 Å². The smallest absolute Gasteiger partial charge is 0.0236 e. The van der Waals surface area contributed by atoms with Crippen molar-refractivity contribution in [3.63, 3.8) is 0 Å². The summed E-state index contributed by atoms with van der Waals surface area (Å²) in [5.41, 5.74) is 3.99. The van der Waals surface area contributed by atoms with Gasteiger partial charge in [-0.2, -0.15) is 0 Å². The van der Waals surface area contributed by atoms with E-state index in [4.69, 9.17) is 0 Å². The van der Waals surface area contributed by atoms with E-state index >= 15 is 0 Å². The second-order valence-electron chi connectivity index (χ2n) is 3.23. The Morgan fingerprint density at radius 3 is 2.36 bits per heavy atom. The highest BCUT2D eigenvalue weighted by Crippen LogP contribution is 2.23. The molecule has 0 aromatic carbocycles. The molecule has 0 atom stereocenters. The van der Waals surface area contributed by atoms with Gasteiger partial charge in [-0.05, 0) is 37.8 Å². The zero-order chi connectivity index (χ0) is 11.0. The predicted molar refractivity (Wildman–Crippen MR) is 66.3 cm³/mol. The van der Waals surface area contributed by atoms with E-state index in [0.29, 0.717) is 0 Å². The van der Waals surface area contributed by atoms with Gasteiger partial charge in [-0.25, -0.2) is 0 Å². The Bertz CT molecular complexity index is 274. The summed E-state index contributed by atoms with van der Waals surface area (Å²) in [5.74, 6) is 0. The summed E-state index contributed by atoms with van der Waals surface area (Å²) >= 11 is 0. The lowest BCUT2D eigenvalue weighted by Crippen LogP contribution is -1.92. The first-order chi connectivity index (χ1) is 6.74. The molecule has 0 heteroatoms. The molecule has 0 aliphatic heterocycles. The molecule has 0 unspecified atom stereocenters. The molecule has 0 saturated carbocycles. The average Bonchev–Trinajstić information content (AvgIpc) is 2.22. The van der Waals surface area contributed by atoms with Crippen molar-refractivity contribution in [1.82, 2.24) is 0 Å². The highest BCUT2D eigenvalue weighted by molar-refractivity contribution is 5.41. The molecule has 14 heavy (non-hydrogen) atoms. The summed E-state index contributed by atoms with van der Waals surface area (Å²) in [5, 5.41) is 0. The third-order valence-corrected chi connectivity index (χ3v) is 2.14. The van der Waals surface area contributed by atoms with Crippen molar-refractivity contribution in [3.8, 4) is 0 Å². The summed E-state index contributed by atoms with van der Waals surface area (Å²) in [7, 11) is 0. The van der Waals surface area contributed by atoms with Crippen LogP contribution in [-0.2, 0) is 0 Å². The Balaban J connectivity index is 0.000000791. The van der Waals surface area contributed by atoms with Crippen LogP contribution in [0.25, 0.3) is 0 Å². The van der Waals surface area contributed by atoms with E-state index in [1.54, 1.807) is 0 Å². The minimum Gasteiger partial charge on any atom is -0.106 e. The second-order valence-corrected chi connectivity index (χ2v) is 3.23. The molecule has 0 heterocycles. The maximum Gasteiger partial charge on any atom is -0.0236 e. The molecule has 0 aromatic rings. The van der Waals surface area contributed by atoms with Crippen molar-refractivity contribution in [2.45, 2.75) is 26.7 Å². The molecular formula is C14H20. The summed E-state index contributed by atoms with van der Waals surface area (Å²) < 4.78 is 0. The van der Waals surface area contributed by atoms with Gasteiger partial charge in [0.05, 0.1) is 0 Å². The van der Waals surface area contributed by atoms with Gasteiger partial charge in [-0.3, -0.25) is 0 Å². The van der Waals surface area contributed by atoms with Crippen molar-refractivity contribution in [1.29, 1.82) is 0 Å². The van der Waals surface area contributed by atoms with Gasteiger partial charge in [0.25, 0.3) is 0 Å². The van der Waals surface area contributed by atoms with Crippen LogP contribution in [0.3, 0.4) is 0 Å². The average molecular weight is 188 g/mol. The van der Waals surface area contributed by atoms with E-state index in [9.17, 15) is 0 Å². The summed E-state index contributed by atoms with van der Waals surface area (Å²) in [6.45, 7) is 14.2. The minimum atomic E-state index is 1.14. The van der Waals surface area contributed by atoms with Crippen LogP contribution in [0.4, 0.5) is 0 Å². The molecule has 0 N–H and O–H groups in total. The van der Waals surface area contributed by atoms with Gasteiger partial charge in [-0.15, -0.1) is 13.2 Å². The normalized spacial score (nSPS) is 15.3. The second kappa shape index (κ2) is 7.14. The number of rotatable bonds is 2. The van der Waals surface area contributed by atoms with Gasteiger partial charge >= 0.3 is 0 Å². The van der Waals surface area contributed by atoms with Crippen LogP contribution in [0.15, 0.2) is 60.8 Å². The molecule has 1 aliphatic carbocycles. The van der Waals surface area contributed by atoms with Gasteiger partial charge in [0.15, 0.2) is 0 Å². The predicted octanol–water partition coefficient (Wildman–Crippen LogP) is 4.59. The van der Waals surface area contributed by atoms with Crippen LogP contribution >= 0.6 is 0 Å². The number of allylic oxidation sites excluding steroid dienone is 7. The van der Waals surface area contributed by atoms with E-state index in [1.165, 1.54) is 17.6 Å². The fraction of sp³-hybridized carbons (Fsp3) is 0.286. The number of hydrogen-bond donors (Lipinski definition) is 0. The molecule has 0 aromatic heterocycles. The van der Waals surface area contributed by atoms with Crippen LogP contribution in [0.2, 0.25) is 0 Å². The lowest BCUT2D eigenvalue weighted by atomic mass is 9.94. The van der Waals surface area contributed by atoms with E-state index < -0.39 is 0 Å². The van der Waals surface area contributed by atoms with Gasteiger partial charge in [0, 0.05) is 0 Å². The van der Waals surface area contributed by atoms with Gasteiger partial charge in [0.1, 0.15) is 0 Å². The zero-order valence-corrected chi connectivity index (χ0v) is 9.34. The van der Waals surface area contributed by atoms with E-state index in [0.717, 1.165) is 12.0 Å². The molecular weight excluding hydrogens is 168 g/mol. The lowest BCUT2D eigenvalue weighted by Gasteiger charge is -2.11. The van der Waals surface area contributed by atoms with Crippen LogP contribution in [0, 0.1) is 0 Å². The van der Waals surface area contributed by atoms with E-state index in [-0.39, 0.29) is 0 Å². The molecule has 0 fully saturated rings. The van der Waals surface area contributed by atoms with Crippen molar-refractivity contribution in [3.05, 3.63) is 60.8 Å². The van der Waals surface area contributed by atoms with Gasteiger partial charge < -0.3 is 0 Å². The van der Waals surface area contributed by atoms with Crippen molar-refractivity contribution in [2.24, 2.45) is 0 Å². The Morgan fingerprint density at radius 2 is 1.93 bits per heavy atom. The Hall–Kier alpha value is -1.30. The summed E-state index contributed by atoms with van der Waals surface area (Å²) in [4.78, 5) is 0. The SMILES string of the molecule is C=C.C=C(/C=C\C)C1=CC=C(C)CC1. The van der Waals surface area contributed by atoms with Crippen LogP contribution < -0.4 is 0 Å². The summed E-state index contributed by atoms with van der Waals surface area (Å²) in [6.07, 6.45) is 10.8. The van der Waals surface area contributed by atoms with Crippen molar-refractivity contribution in [2.75, 3.05) is 0 Å². The molecule has 0 saturated heterocycles. The molecule has 0 spiro atoms. The maximum absolute atomic E-state index is 4.01. The quantitative estimate of drug-likeness (QED) is 0.439. The largest absolute Gasteiger partial charge is 0.106 e. The molecule has 0 amide bonds. The molecule has 76 valence electrons. The molecule has 1 aliphatic rings. The van der Waals surface area contributed by atoms with E-state index in [1.807, 2.05) is 13.0 Å². The fourth-order valence-corrected chi connectivity index (χ4v) is 1.32. The fourth-order valence-electron chi connectivity index (χ4n) is 1.32. The third kappa shape index (κ3) is 4.08. The van der Waals surface area contributed by atoms with Crippen LogP contribution in [-0.4, -0.2) is 0 Å². The zero-order valence-electron chi connectivity index (χ0n) is 9.34. The standard InChI is InChI=1S/C12H16.C2H4/c1-4-5-11(3)12-8-6-10(2)7-9-12;1-2/h4-6,8H,3,7,9H2,1-2H3;1-2H2/b5-4-;. The first kappa shape index (κ1) is 12.7. The first-order valence-electron chi connectivity index (χ1n) is 4.92. The van der Waals surface area contributed by atoms with Gasteiger partial charge in [-0.1, -0.05) is 36.5 Å². The Labute approximate surface area is 88.0 Å². The monoisotopic (exact) mass is 188 g/mol. The van der Waals surface area contributed by atoms with Crippen molar-refractivity contribution < 1.29 is 0 Å². The maximum atomic E-state index is 4.01. The van der Waals surface area contributed by atoms with Gasteiger partial charge in [0.2, 0.25) is 0 Å². The first-order valence-corrected chi connectivity index (χ1v) is 4.92. The highest BCUT2D eigenvalue weighted by atomic mass is 14.1. The van der Waals surface area contributed by atoms with Crippen molar-refractivity contribution >= 4 is 0 Å². The Morgan fingerprint density at radius 1 is 1.29 bits per heavy atom. The molecule has 0 bridgehead atoms. The lowest BCUT2D eigenvalue weighted by molar-refractivity contribution is 0.919. The van der Waals surface area contributed by atoms with E-state index in [2.05, 4.69) is 44.9 Å². The molecule has 1 rings (SSSR count). The minimum absolute atomic E-state index is 1.14. The molecule has 0 radical (unpaired) electrons. The highest BCUT2D eigenvalue weighted by Gasteiger charge is 2.03. The number of hydrogen-bond acceptors (Lipinski definition) is 0. The molecule has 0 nitrogen and oxygen atoms in total. The topological polar surface area (TPSA) is 0 Å². The Kier molecular flexibility index (Phi) is 6.47.